The number of benzene rings is 1. The summed E-state index contributed by atoms with van der Waals surface area (Å²) in [5, 5.41) is 17.1. The first-order valence-electron chi connectivity index (χ1n) is 5.41. The molecule has 94 valence electrons. The molecule has 5 heteroatoms. The molecule has 17 heavy (non-hydrogen) atoms. The third-order valence-electron chi connectivity index (χ3n) is 1.99. The molecule has 0 aliphatic rings. The van der Waals surface area contributed by atoms with Gasteiger partial charge in [0.25, 0.3) is 0 Å². The third-order valence-corrected chi connectivity index (χ3v) is 1.99. The molecule has 0 saturated carbocycles. The molecule has 5 nitrogen and oxygen atoms in total. The van der Waals surface area contributed by atoms with Crippen LogP contribution in [0, 0.1) is 0 Å². The first kappa shape index (κ1) is 13.3. The smallest absolute Gasteiger partial charge is 0.303 e. The average molecular weight is 240 g/mol. The van der Waals surface area contributed by atoms with Gasteiger partial charge in [0.15, 0.2) is 11.5 Å². The molecule has 1 aromatic rings. The van der Waals surface area contributed by atoms with E-state index in [0.29, 0.717) is 24.5 Å². The highest BCUT2D eigenvalue weighted by Gasteiger charge is 2.04. The van der Waals surface area contributed by atoms with Crippen LogP contribution in [0.2, 0.25) is 0 Å². The number of hydrogen-bond acceptors (Lipinski definition) is 4. The van der Waals surface area contributed by atoms with Crippen LogP contribution in [0.25, 0.3) is 0 Å². The molecule has 0 unspecified atom stereocenters. The van der Waals surface area contributed by atoms with E-state index in [-0.39, 0.29) is 19.6 Å². The van der Waals surface area contributed by atoms with Crippen LogP contribution in [-0.4, -0.2) is 36.0 Å². The lowest BCUT2D eigenvalue weighted by Crippen LogP contribution is -2.05. The summed E-state index contributed by atoms with van der Waals surface area (Å²) in [5.41, 5.74) is 0. The zero-order valence-electron chi connectivity index (χ0n) is 9.46. The van der Waals surface area contributed by atoms with E-state index in [1.807, 2.05) is 0 Å². The number of ether oxygens (including phenoxy) is 2. The van der Waals surface area contributed by atoms with E-state index in [1.54, 1.807) is 24.3 Å². The van der Waals surface area contributed by atoms with Gasteiger partial charge in [-0.1, -0.05) is 12.1 Å². The van der Waals surface area contributed by atoms with Gasteiger partial charge in [0.2, 0.25) is 0 Å². The molecule has 0 aliphatic carbocycles. The molecule has 0 radical (unpaired) electrons. The van der Waals surface area contributed by atoms with Gasteiger partial charge in [0.1, 0.15) is 6.61 Å². The SMILES string of the molecule is O=C(O)CCCOc1ccccc1OCCO. The van der Waals surface area contributed by atoms with Gasteiger partial charge < -0.3 is 19.7 Å². The Kier molecular flexibility index (Phi) is 5.88. The largest absolute Gasteiger partial charge is 0.490 e. The predicted octanol–water partition coefficient (Wildman–Crippen LogP) is 1.30. The highest BCUT2D eigenvalue weighted by Crippen LogP contribution is 2.26. The first-order chi connectivity index (χ1) is 8.24. The zero-order valence-corrected chi connectivity index (χ0v) is 9.46. The minimum Gasteiger partial charge on any atom is -0.490 e. The Morgan fingerprint density at radius 3 is 2.24 bits per heavy atom. The van der Waals surface area contributed by atoms with Crippen molar-refractivity contribution in [3.63, 3.8) is 0 Å². The molecule has 0 aromatic heterocycles. The first-order valence-corrected chi connectivity index (χ1v) is 5.41. The number of hydrogen-bond donors (Lipinski definition) is 2. The van der Waals surface area contributed by atoms with Gasteiger partial charge in [-0.15, -0.1) is 0 Å². The number of aliphatic hydroxyl groups is 1. The Hall–Kier alpha value is -1.75. The van der Waals surface area contributed by atoms with Gasteiger partial charge in [0.05, 0.1) is 13.2 Å². The fourth-order valence-corrected chi connectivity index (χ4v) is 1.25. The summed E-state index contributed by atoms with van der Waals surface area (Å²) in [5.74, 6) is 0.279. The third kappa shape index (κ3) is 5.21. The van der Waals surface area contributed by atoms with Gasteiger partial charge in [-0.3, -0.25) is 4.79 Å². The second-order valence-corrected chi connectivity index (χ2v) is 3.36. The van der Waals surface area contributed by atoms with Gasteiger partial charge in [-0.05, 0) is 18.6 Å². The number of carboxylic acid groups (broad SMARTS) is 1. The topological polar surface area (TPSA) is 76.0 Å². The molecule has 0 aliphatic heterocycles. The number of para-hydroxylation sites is 2. The number of rotatable bonds is 8. The lowest BCUT2D eigenvalue weighted by Gasteiger charge is -2.11. The summed E-state index contributed by atoms with van der Waals surface area (Å²) in [4.78, 5) is 10.3. The highest BCUT2D eigenvalue weighted by molar-refractivity contribution is 5.66. The fourth-order valence-electron chi connectivity index (χ4n) is 1.25. The van der Waals surface area contributed by atoms with Crippen molar-refractivity contribution in [3.05, 3.63) is 24.3 Å². The molecule has 0 fully saturated rings. The Balaban J connectivity index is 2.43. The maximum absolute atomic E-state index is 10.3. The van der Waals surface area contributed by atoms with Crippen molar-refractivity contribution >= 4 is 5.97 Å². The number of carboxylic acids is 1. The van der Waals surface area contributed by atoms with E-state index in [0.717, 1.165) is 0 Å². The van der Waals surface area contributed by atoms with Gasteiger partial charge >= 0.3 is 5.97 Å². The van der Waals surface area contributed by atoms with E-state index >= 15 is 0 Å². The van der Waals surface area contributed by atoms with Crippen LogP contribution in [0.5, 0.6) is 11.5 Å². The van der Waals surface area contributed by atoms with Crippen molar-refractivity contribution in [3.8, 4) is 11.5 Å². The number of aliphatic hydroxyl groups excluding tert-OH is 1. The number of carbonyl (C=O) groups is 1. The van der Waals surface area contributed by atoms with Crippen molar-refractivity contribution in [2.24, 2.45) is 0 Å². The van der Waals surface area contributed by atoms with Crippen molar-refractivity contribution in [2.75, 3.05) is 19.8 Å². The lowest BCUT2D eigenvalue weighted by atomic mass is 10.3. The molecule has 0 heterocycles. The maximum atomic E-state index is 10.3. The fraction of sp³-hybridized carbons (Fsp3) is 0.417. The summed E-state index contributed by atoms with van der Waals surface area (Å²) in [7, 11) is 0. The van der Waals surface area contributed by atoms with Crippen LogP contribution in [-0.2, 0) is 4.79 Å². The zero-order chi connectivity index (χ0) is 12.5. The summed E-state index contributed by atoms with van der Waals surface area (Å²) in [6.07, 6.45) is 0.531. The molecule has 0 bridgehead atoms. The normalized spacial score (nSPS) is 9.94. The maximum Gasteiger partial charge on any atom is 0.303 e. The molecule has 0 atom stereocenters. The monoisotopic (exact) mass is 240 g/mol. The highest BCUT2D eigenvalue weighted by atomic mass is 16.5. The van der Waals surface area contributed by atoms with Crippen LogP contribution in [0.4, 0.5) is 0 Å². The molecule has 2 N–H and O–H groups in total. The van der Waals surface area contributed by atoms with Crippen molar-refractivity contribution < 1.29 is 24.5 Å². The minimum atomic E-state index is -0.835. The molecule has 0 saturated heterocycles. The van der Waals surface area contributed by atoms with E-state index < -0.39 is 5.97 Å². The van der Waals surface area contributed by atoms with Crippen LogP contribution >= 0.6 is 0 Å². The van der Waals surface area contributed by atoms with Crippen molar-refractivity contribution in [1.29, 1.82) is 0 Å². The molecule has 1 aromatic carbocycles. The Morgan fingerprint density at radius 1 is 1.12 bits per heavy atom. The van der Waals surface area contributed by atoms with Crippen LogP contribution in [0.3, 0.4) is 0 Å². The molecular formula is C12H16O5. The second-order valence-electron chi connectivity index (χ2n) is 3.36. The minimum absolute atomic E-state index is 0.0622. The van der Waals surface area contributed by atoms with Crippen LogP contribution in [0.15, 0.2) is 24.3 Å². The standard InChI is InChI=1S/C12H16O5/c13-7-9-17-11-5-2-1-4-10(11)16-8-3-6-12(14)15/h1-2,4-5,13H,3,6-9H2,(H,14,15). The number of aliphatic carboxylic acids is 1. The summed E-state index contributed by atoms with van der Waals surface area (Å²) in [6.45, 7) is 0.467. The lowest BCUT2D eigenvalue weighted by molar-refractivity contribution is -0.137. The molecule has 0 amide bonds. The van der Waals surface area contributed by atoms with Crippen LogP contribution in [0.1, 0.15) is 12.8 Å². The summed E-state index contributed by atoms with van der Waals surface area (Å²) in [6, 6.07) is 7.09. The van der Waals surface area contributed by atoms with E-state index in [9.17, 15) is 4.79 Å². The van der Waals surface area contributed by atoms with Crippen LogP contribution < -0.4 is 9.47 Å². The Morgan fingerprint density at radius 2 is 1.71 bits per heavy atom. The van der Waals surface area contributed by atoms with E-state index in [1.165, 1.54) is 0 Å². The average Bonchev–Trinajstić information content (AvgIpc) is 2.33. The predicted molar refractivity (Wildman–Crippen MR) is 61.4 cm³/mol. The molecule has 0 spiro atoms. The summed E-state index contributed by atoms with van der Waals surface area (Å²) < 4.78 is 10.7. The van der Waals surface area contributed by atoms with Gasteiger partial charge in [-0.2, -0.15) is 0 Å². The van der Waals surface area contributed by atoms with Gasteiger partial charge in [0, 0.05) is 6.42 Å². The quantitative estimate of drug-likeness (QED) is 0.670. The summed E-state index contributed by atoms with van der Waals surface area (Å²) >= 11 is 0. The molecular weight excluding hydrogens is 224 g/mol. The Labute approximate surface area is 99.6 Å². The Bertz CT molecular complexity index is 351. The van der Waals surface area contributed by atoms with Crippen molar-refractivity contribution in [2.45, 2.75) is 12.8 Å². The second kappa shape index (κ2) is 7.51. The van der Waals surface area contributed by atoms with E-state index in [4.69, 9.17) is 19.7 Å². The molecule has 1 rings (SSSR count). The van der Waals surface area contributed by atoms with Crippen molar-refractivity contribution in [1.82, 2.24) is 0 Å². The van der Waals surface area contributed by atoms with E-state index in [2.05, 4.69) is 0 Å². The van der Waals surface area contributed by atoms with Gasteiger partial charge in [-0.25, -0.2) is 0 Å².